The van der Waals surface area contributed by atoms with Crippen LogP contribution in [-0.2, 0) is 13.1 Å². The van der Waals surface area contributed by atoms with E-state index in [9.17, 15) is 4.79 Å². The third kappa shape index (κ3) is 3.81. The van der Waals surface area contributed by atoms with Crippen LogP contribution < -0.4 is 4.90 Å². The Morgan fingerprint density at radius 3 is 2.68 bits per heavy atom. The Hall–Kier alpha value is -4.39. The molecule has 168 valence electrons. The van der Waals surface area contributed by atoms with Crippen LogP contribution in [0, 0.1) is 0 Å². The highest BCUT2D eigenvalue weighted by Gasteiger charge is 2.25. The minimum absolute atomic E-state index is 0.0163. The van der Waals surface area contributed by atoms with Crippen molar-refractivity contribution < 1.29 is 4.79 Å². The molecule has 1 aliphatic heterocycles. The van der Waals surface area contributed by atoms with Gasteiger partial charge in [0.2, 0.25) is 0 Å². The molecule has 0 saturated heterocycles. The first-order chi connectivity index (χ1) is 16.7. The number of imidazole rings is 2. The number of hydrogen-bond acceptors (Lipinski definition) is 4. The van der Waals surface area contributed by atoms with Gasteiger partial charge in [0.1, 0.15) is 0 Å². The molecule has 0 fully saturated rings. The second-order valence-corrected chi connectivity index (χ2v) is 8.55. The number of aromatic amines is 2. The van der Waals surface area contributed by atoms with Gasteiger partial charge in [-0.3, -0.25) is 4.79 Å². The van der Waals surface area contributed by atoms with Gasteiger partial charge >= 0.3 is 0 Å². The van der Waals surface area contributed by atoms with Gasteiger partial charge in [-0.25, -0.2) is 9.97 Å². The fourth-order valence-electron chi connectivity index (χ4n) is 4.64. The van der Waals surface area contributed by atoms with E-state index in [-0.39, 0.29) is 5.91 Å². The zero-order valence-corrected chi connectivity index (χ0v) is 18.6. The number of benzene rings is 3. The molecule has 6 rings (SSSR count). The standard InChI is InChI=1S/C27H24N6O/c34-27(21-6-8-24-25(13-21)31-18-30-24)33-11-10-32(16-23-14-28-17-29-23)26-9-7-20(12-22(26)15-33)19-4-2-1-3-5-19/h1-9,12-14,17-18H,10-11,15-16H2,(H,28,29)(H,30,31). The third-order valence-electron chi connectivity index (χ3n) is 6.39. The van der Waals surface area contributed by atoms with Crippen molar-refractivity contribution in [3.63, 3.8) is 0 Å². The predicted octanol–water partition coefficient (Wildman–Crippen LogP) is 4.62. The Kier molecular flexibility index (Phi) is 5.07. The zero-order valence-electron chi connectivity index (χ0n) is 18.6. The van der Waals surface area contributed by atoms with Gasteiger partial charge in [0.15, 0.2) is 0 Å². The second-order valence-electron chi connectivity index (χ2n) is 8.55. The largest absolute Gasteiger partial charge is 0.364 e. The summed E-state index contributed by atoms with van der Waals surface area (Å²) >= 11 is 0. The van der Waals surface area contributed by atoms with Crippen LogP contribution in [0.4, 0.5) is 5.69 Å². The van der Waals surface area contributed by atoms with Crippen molar-refractivity contribution >= 4 is 22.6 Å². The molecule has 7 heteroatoms. The average molecular weight is 449 g/mol. The van der Waals surface area contributed by atoms with Crippen LogP contribution in [0.3, 0.4) is 0 Å². The van der Waals surface area contributed by atoms with E-state index in [1.165, 1.54) is 0 Å². The molecular weight excluding hydrogens is 424 g/mol. The summed E-state index contributed by atoms with van der Waals surface area (Å²) in [6.07, 6.45) is 5.28. The minimum Gasteiger partial charge on any atom is -0.364 e. The van der Waals surface area contributed by atoms with Crippen LogP contribution >= 0.6 is 0 Å². The number of rotatable bonds is 4. The number of hydrogen-bond donors (Lipinski definition) is 2. The summed E-state index contributed by atoms with van der Waals surface area (Å²) < 4.78 is 0. The maximum atomic E-state index is 13.6. The number of aromatic nitrogens is 4. The average Bonchev–Trinajstić information content (AvgIpc) is 3.54. The van der Waals surface area contributed by atoms with Gasteiger partial charge in [0.05, 0.1) is 35.9 Å². The summed E-state index contributed by atoms with van der Waals surface area (Å²) in [4.78, 5) is 32.7. The lowest BCUT2D eigenvalue weighted by Crippen LogP contribution is -2.35. The monoisotopic (exact) mass is 448 g/mol. The molecule has 0 atom stereocenters. The summed E-state index contributed by atoms with van der Waals surface area (Å²) in [7, 11) is 0. The molecule has 1 aliphatic rings. The second kappa shape index (κ2) is 8.51. The molecule has 0 aliphatic carbocycles. The van der Waals surface area contributed by atoms with Gasteiger partial charge < -0.3 is 19.8 Å². The Morgan fingerprint density at radius 1 is 0.912 bits per heavy atom. The smallest absolute Gasteiger partial charge is 0.254 e. The SMILES string of the molecule is O=C(c1ccc2[nH]cnc2c1)N1CCN(Cc2c[nH]cn2)c2ccc(-c3ccccc3)cc2C1. The molecule has 0 unspecified atom stereocenters. The van der Waals surface area contributed by atoms with Crippen molar-refractivity contribution in [3.8, 4) is 11.1 Å². The summed E-state index contributed by atoms with van der Waals surface area (Å²) in [5.74, 6) is 0.0163. The first-order valence-electron chi connectivity index (χ1n) is 11.4. The molecule has 7 nitrogen and oxygen atoms in total. The van der Waals surface area contributed by atoms with E-state index in [0.29, 0.717) is 25.2 Å². The quantitative estimate of drug-likeness (QED) is 0.421. The van der Waals surface area contributed by atoms with Gasteiger partial charge in [-0.15, -0.1) is 0 Å². The van der Waals surface area contributed by atoms with Gasteiger partial charge in [-0.05, 0) is 47.0 Å². The van der Waals surface area contributed by atoms with Crippen molar-refractivity contribution in [2.75, 3.05) is 18.0 Å². The van der Waals surface area contributed by atoms with E-state index in [1.807, 2.05) is 47.5 Å². The molecule has 5 aromatic rings. The van der Waals surface area contributed by atoms with Crippen LogP contribution in [0.25, 0.3) is 22.2 Å². The Balaban J connectivity index is 1.36. The lowest BCUT2D eigenvalue weighted by molar-refractivity contribution is 0.0751. The number of anilines is 1. The summed E-state index contributed by atoms with van der Waals surface area (Å²) in [5, 5.41) is 0. The van der Waals surface area contributed by atoms with Gasteiger partial charge in [-0.2, -0.15) is 0 Å². The van der Waals surface area contributed by atoms with Crippen molar-refractivity contribution in [1.29, 1.82) is 0 Å². The first kappa shape index (κ1) is 20.2. The van der Waals surface area contributed by atoms with E-state index in [2.05, 4.69) is 55.2 Å². The molecule has 0 radical (unpaired) electrons. The molecule has 1 amide bonds. The lowest BCUT2D eigenvalue weighted by atomic mass is 10.0. The van der Waals surface area contributed by atoms with Crippen molar-refractivity contribution in [2.45, 2.75) is 13.1 Å². The van der Waals surface area contributed by atoms with Crippen molar-refractivity contribution in [2.24, 2.45) is 0 Å². The number of nitrogens with one attached hydrogen (secondary N) is 2. The Morgan fingerprint density at radius 2 is 1.82 bits per heavy atom. The molecule has 3 heterocycles. The highest BCUT2D eigenvalue weighted by molar-refractivity contribution is 5.97. The summed E-state index contributed by atoms with van der Waals surface area (Å²) in [5.41, 5.74) is 7.93. The molecular formula is C27H24N6O. The number of amides is 1. The Bertz CT molecular complexity index is 1440. The van der Waals surface area contributed by atoms with Gasteiger partial charge in [0.25, 0.3) is 5.91 Å². The Labute approximate surface area is 197 Å². The predicted molar refractivity (Wildman–Crippen MR) is 132 cm³/mol. The number of H-pyrrole nitrogens is 2. The topological polar surface area (TPSA) is 80.9 Å². The third-order valence-corrected chi connectivity index (χ3v) is 6.39. The maximum absolute atomic E-state index is 13.6. The van der Waals surface area contributed by atoms with Crippen LogP contribution in [-0.4, -0.2) is 43.8 Å². The molecule has 2 N–H and O–H groups in total. The first-order valence-corrected chi connectivity index (χ1v) is 11.4. The summed E-state index contributed by atoms with van der Waals surface area (Å²) in [6, 6.07) is 22.5. The number of carbonyl (C=O) groups excluding carboxylic acids is 1. The highest BCUT2D eigenvalue weighted by Crippen LogP contribution is 2.32. The van der Waals surface area contributed by atoms with Crippen LogP contribution in [0.2, 0.25) is 0 Å². The molecule has 0 saturated carbocycles. The maximum Gasteiger partial charge on any atom is 0.254 e. The molecule has 0 spiro atoms. The van der Waals surface area contributed by atoms with Crippen LogP contribution in [0.1, 0.15) is 21.6 Å². The molecule has 34 heavy (non-hydrogen) atoms. The van der Waals surface area contributed by atoms with Crippen molar-refractivity contribution in [1.82, 2.24) is 24.8 Å². The normalized spacial score (nSPS) is 13.6. The summed E-state index contributed by atoms with van der Waals surface area (Å²) in [6.45, 7) is 2.57. The fraction of sp³-hybridized carbons (Fsp3) is 0.148. The fourth-order valence-corrected chi connectivity index (χ4v) is 4.64. The number of nitrogens with zero attached hydrogens (tertiary/aromatic N) is 4. The minimum atomic E-state index is 0.0163. The lowest BCUT2D eigenvalue weighted by Gasteiger charge is -2.24. The molecule has 3 aromatic carbocycles. The van der Waals surface area contributed by atoms with E-state index in [0.717, 1.165) is 45.6 Å². The van der Waals surface area contributed by atoms with Gasteiger partial charge in [0, 0.05) is 37.1 Å². The van der Waals surface area contributed by atoms with Crippen molar-refractivity contribution in [3.05, 3.63) is 102 Å². The van der Waals surface area contributed by atoms with E-state index in [1.54, 1.807) is 12.7 Å². The number of fused-ring (bicyclic) bond motifs is 2. The van der Waals surface area contributed by atoms with Gasteiger partial charge in [-0.1, -0.05) is 36.4 Å². The molecule has 0 bridgehead atoms. The van der Waals surface area contributed by atoms with E-state index in [4.69, 9.17) is 0 Å². The zero-order chi connectivity index (χ0) is 22.9. The number of carbonyl (C=O) groups is 1. The van der Waals surface area contributed by atoms with E-state index < -0.39 is 0 Å². The van der Waals surface area contributed by atoms with Crippen LogP contribution in [0.15, 0.2) is 85.6 Å². The highest BCUT2D eigenvalue weighted by atomic mass is 16.2. The molecule has 2 aromatic heterocycles. The van der Waals surface area contributed by atoms with E-state index >= 15 is 0 Å². The van der Waals surface area contributed by atoms with Crippen LogP contribution in [0.5, 0.6) is 0 Å².